The fraction of sp³-hybridized carbons (Fsp3) is 0.318. The summed E-state index contributed by atoms with van der Waals surface area (Å²) in [5.41, 5.74) is 2.26. The van der Waals surface area contributed by atoms with Crippen LogP contribution in [0.1, 0.15) is 24.0 Å². The molecule has 0 fully saturated rings. The summed E-state index contributed by atoms with van der Waals surface area (Å²) in [6, 6.07) is 20.1. The average molecular weight is 354 g/mol. The van der Waals surface area contributed by atoms with Gasteiger partial charge in [-0.3, -0.25) is 0 Å². The lowest BCUT2D eigenvalue weighted by Crippen LogP contribution is -2.12. The monoisotopic (exact) mass is 354 g/mol. The van der Waals surface area contributed by atoms with Gasteiger partial charge in [0.2, 0.25) is 0 Å². The van der Waals surface area contributed by atoms with E-state index < -0.39 is 0 Å². The molecule has 0 saturated carbocycles. The average Bonchev–Trinajstić information content (AvgIpc) is 2.70. The van der Waals surface area contributed by atoms with E-state index in [1.807, 2.05) is 60.7 Å². The highest BCUT2D eigenvalue weighted by molar-refractivity contribution is 5.81. The zero-order chi connectivity index (χ0) is 18.5. The number of rotatable bonds is 11. The summed E-state index contributed by atoms with van der Waals surface area (Å²) in [6.07, 6.45) is 4.63. The number of methoxy groups -OCH3 is 1. The topological polar surface area (TPSA) is 44.8 Å². The molecule has 2 aromatic carbocycles. The van der Waals surface area contributed by atoms with Crippen molar-refractivity contribution in [2.75, 3.05) is 13.7 Å². The minimum absolute atomic E-state index is 0.158. The maximum Gasteiger partial charge on any atom is 0.330 e. The summed E-state index contributed by atoms with van der Waals surface area (Å²) in [6.45, 7) is 1.75. The van der Waals surface area contributed by atoms with E-state index in [0.29, 0.717) is 19.8 Å². The predicted octanol–water partition coefficient (Wildman–Crippen LogP) is 4.30. The zero-order valence-electron chi connectivity index (χ0n) is 15.2. The highest BCUT2D eigenvalue weighted by atomic mass is 16.5. The number of esters is 1. The maximum atomic E-state index is 11.3. The Balaban J connectivity index is 1.75. The van der Waals surface area contributed by atoms with Gasteiger partial charge in [0.05, 0.1) is 26.4 Å². The van der Waals surface area contributed by atoms with Gasteiger partial charge in [0.15, 0.2) is 0 Å². The normalized spacial score (nSPS) is 12.2. The summed E-state index contributed by atoms with van der Waals surface area (Å²) >= 11 is 0. The second kappa shape index (κ2) is 12.0. The molecule has 0 bridgehead atoms. The summed E-state index contributed by atoms with van der Waals surface area (Å²) in [7, 11) is 1.37. The van der Waals surface area contributed by atoms with Gasteiger partial charge < -0.3 is 14.2 Å². The lowest BCUT2D eigenvalue weighted by Gasteiger charge is -2.14. The highest BCUT2D eigenvalue weighted by Crippen LogP contribution is 2.10. The van der Waals surface area contributed by atoms with E-state index in [-0.39, 0.29) is 12.1 Å². The third-order valence-corrected chi connectivity index (χ3v) is 3.84. The van der Waals surface area contributed by atoms with Gasteiger partial charge >= 0.3 is 5.97 Å². The van der Waals surface area contributed by atoms with Gasteiger partial charge in [-0.15, -0.1) is 0 Å². The molecule has 0 aromatic heterocycles. The molecular weight excluding hydrogens is 328 g/mol. The Bertz CT molecular complexity index is 652. The van der Waals surface area contributed by atoms with E-state index in [2.05, 4.69) is 4.74 Å². The SMILES string of the molecule is COC(=O)C=CC(CCCOCc1ccccc1)OCc1ccccc1. The minimum atomic E-state index is -0.376. The molecule has 0 amide bonds. The molecule has 0 aliphatic carbocycles. The molecule has 4 nitrogen and oxygen atoms in total. The van der Waals surface area contributed by atoms with E-state index >= 15 is 0 Å². The van der Waals surface area contributed by atoms with E-state index in [9.17, 15) is 4.79 Å². The molecule has 0 heterocycles. The number of carbonyl (C=O) groups is 1. The summed E-state index contributed by atoms with van der Waals surface area (Å²) in [5, 5.41) is 0. The van der Waals surface area contributed by atoms with Crippen LogP contribution < -0.4 is 0 Å². The molecule has 0 saturated heterocycles. The fourth-order valence-corrected chi connectivity index (χ4v) is 2.42. The van der Waals surface area contributed by atoms with Crippen LogP contribution >= 0.6 is 0 Å². The summed E-state index contributed by atoms with van der Waals surface area (Å²) < 4.78 is 16.3. The Kier molecular flexibility index (Phi) is 9.19. The smallest absolute Gasteiger partial charge is 0.330 e. The van der Waals surface area contributed by atoms with Crippen molar-refractivity contribution in [2.24, 2.45) is 0 Å². The summed E-state index contributed by atoms with van der Waals surface area (Å²) in [5.74, 6) is -0.376. The Morgan fingerprint density at radius 1 is 0.962 bits per heavy atom. The largest absolute Gasteiger partial charge is 0.466 e. The molecule has 0 spiro atoms. The van der Waals surface area contributed by atoms with Gasteiger partial charge in [-0.05, 0) is 30.0 Å². The molecule has 0 radical (unpaired) electrons. The Hall–Kier alpha value is -2.43. The first kappa shape index (κ1) is 19.9. The molecule has 0 N–H and O–H groups in total. The molecule has 138 valence electrons. The number of benzene rings is 2. The molecule has 2 aromatic rings. The van der Waals surface area contributed by atoms with Gasteiger partial charge in [0.1, 0.15) is 0 Å². The molecule has 0 aliphatic heterocycles. The third-order valence-electron chi connectivity index (χ3n) is 3.84. The zero-order valence-corrected chi connectivity index (χ0v) is 15.2. The van der Waals surface area contributed by atoms with Crippen LogP contribution in [0.3, 0.4) is 0 Å². The molecule has 1 unspecified atom stereocenters. The lowest BCUT2D eigenvalue weighted by molar-refractivity contribution is -0.134. The van der Waals surface area contributed by atoms with E-state index in [1.54, 1.807) is 6.08 Å². The van der Waals surface area contributed by atoms with Crippen molar-refractivity contribution in [3.63, 3.8) is 0 Å². The van der Waals surface area contributed by atoms with Crippen molar-refractivity contribution < 1.29 is 19.0 Å². The van der Waals surface area contributed by atoms with Crippen LogP contribution in [-0.4, -0.2) is 25.8 Å². The van der Waals surface area contributed by atoms with Crippen molar-refractivity contribution in [3.8, 4) is 0 Å². The first-order chi connectivity index (χ1) is 12.8. The maximum absolute atomic E-state index is 11.3. The van der Waals surface area contributed by atoms with Crippen molar-refractivity contribution in [2.45, 2.75) is 32.2 Å². The summed E-state index contributed by atoms with van der Waals surface area (Å²) in [4.78, 5) is 11.3. The van der Waals surface area contributed by atoms with Crippen LogP contribution in [0.2, 0.25) is 0 Å². The number of ether oxygens (including phenoxy) is 3. The van der Waals surface area contributed by atoms with Crippen molar-refractivity contribution in [3.05, 3.63) is 83.9 Å². The quantitative estimate of drug-likeness (QED) is 0.343. The minimum Gasteiger partial charge on any atom is -0.466 e. The molecule has 1 atom stereocenters. The van der Waals surface area contributed by atoms with Crippen LogP contribution in [0.4, 0.5) is 0 Å². The Labute approximate surface area is 155 Å². The fourth-order valence-electron chi connectivity index (χ4n) is 2.42. The van der Waals surface area contributed by atoms with Crippen molar-refractivity contribution in [1.82, 2.24) is 0 Å². The Morgan fingerprint density at radius 3 is 2.19 bits per heavy atom. The molecule has 4 heteroatoms. The van der Waals surface area contributed by atoms with Crippen LogP contribution in [0.5, 0.6) is 0 Å². The van der Waals surface area contributed by atoms with E-state index in [4.69, 9.17) is 9.47 Å². The van der Waals surface area contributed by atoms with Gasteiger partial charge in [-0.1, -0.05) is 60.7 Å². The standard InChI is InChI=1S/C22H26O4/c1-24-22(23)15-14-21(26-18-20-11-6-3-7-12-20)13-8-16-25-17-19-9-4-2-5-10-19/h2-7,9-12,14-15,21H,8,13,16-18H2,1H3. The Morgan fingerprint density at radius 2 is 1.58 bits per heavy atom. The van der Waals surface area contributed by atoms with Crippen molar-refractivity contribution in [1.29, 1.82) is 0 Å². The second-order valence-electron chi connectivity index (χ2n) is 5.90. The molecular formula is C22H26O4. The number of carbonyl (C=O) groups excluding carboxylic acids is 1. The first-order valence-electron chi connectivity index (χ1n) is 8.81. The van der Waals surface area contributed by atoms with Gasteiger partial charge in [-0.25, -0.2) is 4.79 Å². The lowest BCUT2D eigenvalue weighted by atomic mass is 10.1. The van der Waals surface area contributed by atoms with Crippen LogP contribution in [-0.2, 0) is 32.2 Å². The van der Waals surface area contributed by atoms with Crippen LogP contribution in [0.15, 0.2) is 72.8 Å². The molecule has 26 heavy (non-hydrogen) atoms. The number of hydrogen-bond acceptors (Lipinski definition) is 4. The first-order valence-corrected chi connectivity index (χ1v) is 8.81. The van der Waals surface area contributed by atoms with E-state index in [1.165, 1.54) is 13.2 Å². The molecule has 0 aliphatic rings. The highest BCUT2D eigenvalue weighted by Gasteiger charge is 2.07. The van der Waals surface area contributed by atoms with Gasteiger partial charge in [0, 0.05) is 12.7 Å². The third kappa shape index (κ3) is 8.10. The van der Waals surface area contributed by atoms with E-state index in [0.717, 1.165) is 24.0 Å². The van der Waals surface area contributed by atoms with Crippen LogP contribution in [0.25, 0.3) is 0 Å². The second-order valence-corrected chi connectivity index (χ2v) is 5.90. The predicted molar refractivity (Wildman–Crippen MR) is 102 cm³/mol. The van der Waals surface area contributed by atoms with Gasteiger partial charge in [-0.2, -0.15) is 0 Å². The van der Waals surface area contributed by atoms with Crippen LogP contribution in [0, 0.1) is 0 Å². The molecule has 2 rings (SSSR count). The van der Waals surface area contributed by atoms with Gasteiger partial charge in [0.25, 0.3) is 0 Å². The van der Waals surface area contributed by atoms with Crippen molar-refractivity contribution >= 4 is 5.97 Å². The number of hydrogen-bond donors (Lipinski definition) is 0.